The molecule has 1 amide bonds. The van der Waals surface area contributed by atoms with Crippen LogP contribution in [0.5, 0.6) is 0 Å². The molecule has 1 fully saturated rings. The maximum atomic E-state index is 11.9. The summed E-state index contributed by atoms with van der Waals surface area (Å²) in [5.41, 5.74) is -0.0545. The molecule has 18 heavy (non-hydrogen) atoms. The molecule has 108 valence electrons. The van der Waals surface area contributed by atoms with Gasteiger partial charge in [0, 0.05) is 19.6 Å². The molecule has 5 heteroatoms. The summed E-state index contributed by atoms with van der Waals surface area (Å²) in [5, 5.41) is 6.50. The number of ether oxygens (including phenoxy) is 1. The minimum absolute atomic E-state index is 0. The van der Waals surface area contributed by atoms with E-state index in [0.29, 0.717) is 19.1 Å². The highest BCUT2D eigenvalue weighted by atomic mass is 35.5. The molecule has 0 radical (unpaired) electrons. The first kappa shape index (κ1) is 17.7. The smallest absolute Gasteiger partial charge is 0.223 e. The highest BCUT2D eigenvalue weighted by molar-refractivity contribution is 5.85. The van der Waals surface area contributed by atoms with E-state index < -0.39 is 0 Å². The third-order valence-electron chi connectivity index (χ3n) is 3.77. The predicted octanol–water partition coefficient (Wildman–Crippen LogP) is 1.59. The van der Waals surface area contributed by atoms with Gasteiger partial charge in [-0.15, -0.1) is 12.4 Å². The number of hydrogen-bond acceptors (Lipinski definition) is 3. The molecule has 0 aliphatic carbocycles. The van der Waals surface area contributed by atoms with Crippen molar-refractivity contribution in [3.8, 4) is 0 Å². The summed E-state index contributed by atoms with van der Waals surface area (Å²) in [5.74, 6) is 0.588. The third kappa shape index (κ3) is 4.75. The number of halogens is 1. The molecule has 1 aliphatic heterocycles. The van der Waals surface area contributed by atoms with E-state index >= 15 is 0 Å². The molecule has 0 spiro atoms. The standard InChI is InChI=1S/C13H26N2O2.ClH/c1-10(2)11(3)12(16)14-8-13(9-17-4)6-5-7-15-13;/h10-11,15H,5-9H2,1-4H3,(H,14,16);1H. The van der Waals surface area contributed by atoms with Crippen molar-refractivity contribution in [2.24, 2.45) is 11.8 Å². The van der Waals surface area contributed by atoms with Crippen molar-refractivity contribution < 1.29 is 9.53 Å². The number of carbonyl (C=O) groups is 1. The lowest BCUT2D eigenvalue weighted by Crippen LogP contribution is -2.53. The Bertz CT molecular complexity index is 253. The second kappa shape index (κ2) is 7.97. The zero-order chi connectivity index (χ0) is 12.9. The molecule has 4 nitrogen and oxygen atoms in total. The van der Waals surface area contributed by atoms with Gasteiger partial charge in [-0.25, -0.2) is 0 Å². The van der Waals surface area contributed by atoms with E-state index in [4.69, 9.17) is 4.74 Å². The summed E-state index contributed by atoms with van der Waals surface area (Å²) in [6.07, 6.45) is 2.22. The van der Waals surface area contributed by atoms with Crippen LogP contribution in [0.15, 0.2) is 0 Å². The van der Waals surface area contributed by atoms with Crippen LogP contribution < -0.4 is 10.6 Å². The zero-order valence-electron chi connectivity index (χ0n) is 11.9. The van der Waals surface area contributed by atoms with Crippen LogP contribution in [0.3, 0.4) is 0 Å². The second-order valence-electron chi connectivity index (χ2n) is 5.49. The van der Waals surface area contributed by atoms with Crippen molar-refractivity contribution in [1.82, 2.24) is 10.6 Å². The van der Waals surface area contributed by atoms with Gasteiger partial charge in [0.05, 0.1) is 12.1 Å². The predicted molar refractivity (Wildman–Crippen MR) is 76.1 cm³/mol. The van der Waals surface area contributed by atoms with Gasteiger partial charge in [0.25, 0.3) is 0 Å². The number of carbonyl (C=O) groups excluding carboxylic acids is 1. The van der Waals surface area contributed by atoms with Crippen LogP contribution in [0.4, 0.5) is 0 Å². The van der Waals surface area contributed by atoms with Gasteiger partial charge >= 0.3 is 0 Å². The number of rotatable bonds is 6. The molecule has 0 aromatic rings. The van der Waals surface area contributed by atoms with Crippen molar-refractivity contribution in [1.29, 1.82) is 0 Å². The lowest BCUT2D eigenvalue weighted by atomic mass is 9.95. The Balaban J connectivity index is 0.00000289. The van der Waals surface area contributed by atoms with Crippen LogP contribution in [-0.4, -0.2) is 38.3 Å². The van der Waals surface area contributed by atoms with Gasteiger partial charge in [0.1, 0.15) is 0 Å². The molecular formula is C13H27ClN2O2. The number of amides is 1. The van der Waals surface area contributed by atoms with E-state index in [1.165, 1.54) is 0 Å². The molecule has 0 saturated carbocycles. The van der Waals surface area contributed by atoms with E-state index in [2.05, 4.69) is 24.5 Å². The number of nitrogens with one attached hydrogen (secondary N) is 2. The van der Waals surface area contributed by atoms with Gasteiger partial charge in [-0.1, -0.05) is 20.8 Å². The summed E-state index contributed by atoms with van der Waals surface area (Å²) in [4.78, 5) is 11.9. The Morgan fingerprint density at radius 1 is 1.44 bits per heavy atom. The second-order valence-corrected chi connectivity index (χ2v) is 5.49. The van der Waals surface area contributed by atoms with Crippen LogP contribution in [0.25, 0.3) is 0 Å². The van der Waals surface area contributed by atoms with E-state index in [1.807, 2.05) is 6.92 Å². The number of methoxy groups -OCH3 is 1. The molecule has 1 heterocycles. The average Bonchev–Trinajstić information content (AvgIpc) is 2.74. The fourth-order valence-corrected chi connectivity index (χ4v) is 2.19. The average molecular weight is 279 g/mol. The lowest BCUT2D eigenvalue weighted by Gasteiger charge is -2.29. The molecular weight excluding hydrogens is 252 g/mol. The maximum absolute atomic E-state index is 11.9. The molecule has 2 N–H and O–H groups in total. The Kier molecular flexibility index (Phi) is 7.83. The van der Waals surface area contributed by atoms with Crippen molar-refractivity contribution in [3.05, 3.63) is 0 Å². The van der Waals surface area contributed by atoms with Crippen molar-refractivity contribution >= 4 is 18.3 Å². The minimum atomic E-state index is -0.0545. The van der Waals surface area contributed by atoms with Gasteiger partial charge in [0.15, 0.2) is 0 Å². The molecule has 1 aliphatic rings. The normalized spacial score (nSPS) is 24.7. The van der Waals surface area contributed by atoms with E-state index in [9.17, 15) is 4.79 Å². The maximum Gasteiger partial charge on any atom is 0.223 e. The summed E-state index contributed by atoms with van der Waals surface area (Å²) in [7, 11) is 1.71. The first-order valence-corrected chi connectivity index (χ1v) is 6.52. The molecule has 2 atom stereocenters. The Morgan fingerprint density at radius 2 is 2.11 bits per heavy atom. The zero-order valence-corrected chi connectivity index (χ0v) is 12.7. The van der Waals surface area contributed by atoms with Gasteiger partial charge in [-0.2, -0.15) is 0 Å². The molecule has 0 aromatic heterocycles. The van der Waals surface area contributed by atoms with Gasteiger partial charge in [-0.3, -0.25) is 4.79 Å². The van der Waals surface area contributed by atoms with E-state index in [-0.39, 0.29) is 29.8 Å². The Morgan fingerprint density at radius 3 is 2.56 bits per heavy atom. The van der Waals surface area contributed by atoms with Gasteiger partial charge in [0.2, 0.25) is 5.91 Å². The Labute approximate surface area is 117 Å². The van der Waals surface area contributed by atoms with Crippen molar-refractivity contribution in [2.75, 3.05) is 26.8 Å². The highest BCUT2D eigenvalue weighted by Gasteiger charge is 2.34. The summed E-state index contributed by atoms with van der Waals surface area (Å²) in [6.45, 7) is 8.45. The van der Waals surface area contributed by atoms with E-state index in [1.54, 1.807) is 7.11 Å². The lowest BCUT2D eigenvalue weighted by molar-refractivity contribution is -0.126. The summed E-state index contributed by atoms with van der Waals surface area (Å²) < 4.78 is 5.26. The van der Waals surface area contributed by atoms with Crippen molar-refractivity contribution in [3.63, 3.8) is 0 Å². The van der Waals surface area contributed by atoms with E-state index in [0.717, 1.165) is 19.4 Å². The SMILES string of the molecule is COCC1(CNC(=O)C(C)C(C)C)CCCN1.Cl. The highest BCUT2D eigenvalue weighted by Crippen LogP contribution is 2.19. The topological polar surface area (TPSA) is 50.4 Å². The molecule has 1 rings (SSSR count). The summed E-state index contributed by atoms with van der Waals surface area (Å²) >= 11 is 0. The van der Waals surface area contributed by atoms with Gasteiger partial charge < -0.3 is 15.4 Å². The number of hydrogen-bond donors (Lipinski definition) is 2. The van der Waals surface area contributed by atoms with Crippen molar-refractivity contribution in [2.45, 2.75) is 39.2 Å². The van der Waals surface area contributed by atoms with Crippen LogP contribution >= 0.6 is 12.4 Å². The van der Waals surface area contributed by atoms with Crippen LogP contribution in [0.2, 0.25) is 0 Å². The largest absolute Gasteiger partial charge is 0.383 e. The van der Waals surface area contributed by atoms with Crippen LogP contribution in [0.1, 0.15) is 33.6 Å². The minimum Gasteiger partial charge on any atom is -0.383 e. The fourth-order valence-electron chi connectivity index (χ4n) is 2.19. The first-order chi connectivity index (χ1) is 8.01. The molecule has 1 saturated heterocycles. The van der Waals surface area contributed by atoms with Crippen LogP contribution in [-0.2, 0) is 9.53 Å². The van der Waals surface area contributed by atoms with Crippen LogP contribution in [0, 0.1) is 11.8 Å². The summed E-state index contributed by atoms with van der Waals surface area (Å²) in [6, 6.07) is 0. The molecule has 2 unspecified atom stereocenters. The fraction of sp³-hybridized carbons (Fsp3) is 0.923. The third-order valence-corrected chi connectivity index (χ3v) is 3.77. The Hall–Kier alpha value is -0.320. The molecule has 0 aromatic carbocycles. The monoisotopic (exact) mass is 278 g/mol. The van der Waals surface area contributed by atoms with Gasteiger partial charge in [-0.05, 0) is 25.3 Å². The molecule has 0 bridgehead atoms. The first-order valence-electron chi connectivity index (χ1n) is 6.52. The quantitative estimate of drug-likeness (QED) is 0.776.